The summed E-state index contributed by atoms with van der Waals surface area (Å²) >= 11 is 5.95. The Hall–Kier alpha value is -1.75. The topological polar surface area (TPSA) is 75.6 Å². The fourth-order valence-corrected chi connectivity index (χ4v) is 1.37. The van der Waals surface area contributed by atoms with Crippen molar-refractivity contribution >= 4 is 29.2 Å². The van der Waals surface area contributed by atoms with Crippen LogP contribution in [0.25, 0.3) is 0 Å². The predicted molar refractivity (Wildman–Crippen MR) is 68.1 cm³/mol. The third-order valence-electron chi connectivity index (χ3n) is 1.96. The fourth-order valence-electron chi connectivity index (χ4n) is 1.14. The van der Waals surface area contributed by atoms with Gasteiger partial charge in [-0.1, -0.05) is 25.4 Å². The van der Waals surface area contributed by atoms with Crippen molar-refractivity contribution in [3.8, 4) is 5.75 Å². The van der Waals surface area contributed by atoms with Crippen LogP contribution in [0.3, 0.4) is 0 Å². The summed E-state index contributed by atoms with van der Waals surface area (Å²) in [6, 6.07) is 4.56. The smallest absolute Gasteiger partial charge is 0.394 e. The summed E-state index contributed by atoms with van der Waals surface area (Å²) in [4.78, 5) is 21.3. The van der Waals surface area contributed by atoms with E-state index in [4.69, 9.17) is 21.4 Å². The number of hydrogen-bond acceptors (Lipinski definition) is 3. The first-order valence-corrected chi connectivity index (χ1v) is 5.74. The summed E-state index contributed by atoms with van der Waals surface area (Å²) in [5.41, 5.74) is 0.310. The minimum atomic E-state index is -1.55. The van der Waals surface area contributed by atoms with Crippen LogP contribution in [0.4, 0.5) is 5.69 Å². The Morgan fingerprint density at radius 1 is 1.44 bits per heavy atom. The van der Waals surface area contributed by atoms with Gasteiger partial charge in [-0.25, -0.2) is 4.79 Å². The van der Waals surface area contributed by atoms with Crippen LogP contribution in [-0.2, 0) is 9.59 Å². The molecule has 0 aliphatic heterocycles. The third kappa shape index (κ3) is 4.25. The Balaban J connectivity index is 2.73. The highest BCUT2D eigenvalue weighted by Crippen LogP contribution is 2.28. The molecule has 0 radical (unpaired) electrons. The molecule has 1 amide bonds. The average Bonchev–Trinajstić information content (AvgIpc) is 2.27. The van der Waals surface area contributed by atoms with Crippen molar-refractivity contribution < 1.29 is 19.4 Å². The molecule has 0 spiro atoms. The number of hydrogen-bond donors (Lipinski definition) is 2. The molecule has 18 heavy (non-hydrogen) atoms. The van der Waals surface area contributed by atoms with Gasteiger partial charge >= 0.3 is 11.9 Å². The molecule has 0 saturated heterocycles. The number of anilines is 1. The van der Waals surface area contributed by atoms with Gasteiger partial charge in [-0.05, 0) is 24.1 Å². The van der Waals surface area contributed by atoms with Crippen molar-refractivity contribution in [3.05, 3.63) is 23.2 Å². The van der Waals surface area contributed by atoms with Crippen molar-refractivity contribution in [2.24, 2.45) is 5.92 Å². The molecule has 98 valence electrons. The largest absolute Gasteiger partial charge is 0.492 e. The predicted octanol–water partition coefficient (Wildman–Crippen LogP) is 2.40. The van der Waals surface area contributed by atoms with E-state index in [1.165, 1.54) is 12.1 Å². The minimum Gasteiger partial charge on any atom is -0.492 e. The Kier molecular flexibility index (Phi) is 4.97. The lowest BCUT2D eigenvalue weighted by Crippen LogP contribution is -2.21. The zero-order valence-corrected chi connectivity index (χ0v) is 10.8. The van der Waals surface area contributed by atoms with Crippen LogP contribution in [0, 0.1) is 5.92 Å². The molecule has 1 aromatic rings. The SMILES string of the molecule is CC(C)COc1ccc(NC(=O)C(=O)O)cc1Cl. The highest BCUT2D eigenvalue weighted by molar-refractivity contribution is 6.37. The van der Waals surface area contributed by atoms with Crippen molar-refractivity contribution in [1.82, 2.24) is 0 Å². The van der Waals surface area contributed by atoms with Gasteiger partial charge in [-0.2, -0.15) is 0 Å². The first-order chi connectivity index (χ1) is 8.40. The van der Waals surface area contributed by atoms with Gasteiger partial charge in [0.05, 0.1) is 11.6 Å². The Morgan fingerprint density at radius 2 is 2.11 bits per heavy atom. The number of benzene rings is 1. The third-order valence-corrected chi connectivity index (χ3v) is 2.25. The number of rotatable bonds is 4. The summed E-state index contributed by atoms with van der Waals surface area (Å²) in [5.74, 6) is -1.79. The molecule has 0 fully saturated rings. The van der Waals surface area contributed by atoms with Gasteiger partial charge in [0.1, 0.15) is 5.75 Å². The average molecular weight is 272 g/mol. The lowest BCUT2D eigenvalue weighted by atomic mass is 10.2. The van der Waals surface area contributed by atoms with E-state index in [1.807, 2.05) is 13.8 Å². The zero-order chi connectivity index (χ0) is 13.7. The number of carbonyl (C=O) groups is 2. The summed E-state index contributed by atoms with van der Waals surface area (Å²) in [6.07, 6.45) is 0. The molecular formula is C12H14ClNO4. The van der Waals surface area contributed by atoms with Crippen molar-refractivity contribution in [2.75, 3.05) is 11.9 Å². The Morgan fingerprint density at radius 3 is 2.61 bits per heavy atom. The van der Waals surface area contributed by atoms with E-state index >= 15 is 0 Å². The monoisotopic (exact) mass is 271 g/mol. The van der Waals surface area contributed by atoms with Gasteiger partial charge in [-0.3, -0.25) is 4.79 Å². The molecule has 2 N–H and O–H groups in total. The van der Waals surface area contributed by atoms with Crippen LogP contribution >= 0.6 is 11.6 Å². The first-order valence-electron chi connectivity index (χ1n) is 5.36. The number of ether oxygens (including phenoxy) is 1. The second-order valence-corrected chi connectivity index (χ2v) is 4.52. The first kappa shape index (κ1) is 14.3. The Labute approximate surface area is 110 Å². The standard InChI is InChI=1S/C12H14ClNO4/c1-7(2)6-18-10-4-3-8(5-9(10)13)14-11(15)12(16)17/h3-5,7H,6H2,1-2H3,(H,14,15)(H,16,17). The number of carboxylic acids is 1. The molecule has 5 nitrogen and oxygen atoms in total. The maximum atomic E-state index is 10.9. The second-order valence-electron chi connectivity index (χ2n) is 4.11. The van der Waals surface area contributed by atoms with E-state index in [0.717, 1.165) is 0 Å². The molecular weight excluding hydrogens is 258 g/mol. The molecule has 0 aromatic heterocycles. The van der Waals surface area contributed by atoms with Crippen LogP contribution in [-0.4, -0.2) is 23.6 Å². The highest BCUT2D eigenvalue weighted by Gasteiger charge is 2.12. The number of halogens is 1. The van der Waals surface area contributed by atoms with Gasteiger partial charge in [-0.15, -0.1) is 0 Å². The van der Waals surface area contributed by atoms with Crippen LogP contribution in [0.1, 0.15) is 13.8 Å². The van der Waals surface area contributed by atoms with Gasteiger partial charge in [0.15, 0.2) is 0 Å². The molecule has 0 bridgehead atoms. The number of aliphatic carboxylic acids is 1. The molecule has 1 rings (SSSR count). The molecule has 0 saturated carbocycles. The molecule has 0 heterocycles. The van der Waals surface area contributed by atoms with Crippen molar-refractivity contribution in [3.63, 3.8) is 0 Å². The number of carboxylic acid groups (broad SMARTS) is 1. The minimum absolute atomic E-state index is 0.310. The van der Waals surface area contributed by atoms with Crippen molar-refractivity contribution in [1.29, 1.82) is 0 Å². The number of amides is 1. The molecule has 0 aliphatic carbocycles. The van der Waals surface area contributed by atoms with E-state index in [1.54, 1.807) is 6.07 Å². The Bertz CT molecular complexity index is 459. The molecule has 0 unspecified atom stereocenters. The number of carbonyl (C=O) groups excluding carboxylic acids is 1. The normalized spacial score (nSPS) is 10.2. The molecule has 0 atom stereocenters. The second kappa shape index (κ2) is 6.26. The maximum Gasteiger partial charge on any atom is 0.394 e. The van der Waals surface area contributed by atoms with E-state index < -0.39 is 11.9 Å². The quantitative estimate of drug-likeness (QED) is 0.825. The lowest BCUT2D eigenvalue weighted by Gasteiger charge is -2.11. The van der Waals surface area contributed by atoms with Crippen LogP contribution in [0.5, 0.6) is 5.75 Å². The van der Waals surface area contributed by atoms with Crippen LogP contribution in [0.2, 0.25) is 5.02 Å². The summed E-state index contributed by atoms with van der Waals surface area (Å²) < 4.78 is 5.44. The van der Waals surface area contributed by atoms with Gasteiger partial charge in [0.2, 0.25) is 0 Å². The molecule has 6 heteroatoms. The van der Waals surface area contributed by atoms with E-state index in [9.17, 15) is 9.59 Å². The molecule has 1 aromatic carbocycles. The van der Waals surface area contributed by atoms with E-state index in [2.05, 4.69) is 5.32 Å². The van der Waals surface area contributed by atoms with Gasteiger partial charge in [0, 0.05) is 5.69 Å². The van der Waals surface area contributed by atoms with E-state index in [-0.39, 0.29) is 0 Å². The number of nitrogens with one attached hydrogen (secondary N) is 1. The summed E-state index contributed by atoms with van der Waals surface area (Å²) in [7, 11) is 0. The lowest BCUT2D eigenvalue weighted by molar-refractivity contribution is -0.147. The summed E-state index contributed by atoms with van der Waals surface area (Å²) in [5, 5.41) is 11.0. The van der Waals surface area contributed by atoms with Crippen LogP contribution in [0.15, 0.2) is 18.2 Å². The maximum absolute atomic E-state index is 10.9. The van der Waals surface area contributed by atoms with Gasteiger partial charge in [0.25, 0.3) is 0 Å². The highest BCUT2D eigenvalue weighted by atomic mass is 35.5. The van der Waals surface area contributed by atoms with E-state index in [0.29, 0.717) is 29.0 Å². The zero-order valence-electron chi connectivity index (χ0n) is 10.1. The van der Waals surface area contributed by atoms with Crippen molar-refractivity contribution in [2.45, 2.75) is 13.8 Å². The summed E-state index contributed by atoms with van der Waals surface area (Å²) in [6.45, 7) is 4.55. The van der Waals surface area contributed by atoms with Crippen LogP contribution < -0.4 is 10.1 Å². The molecule has 0 aliphatic rings. The van der Waals surface area contributed by atoms with Gasteiger partial charge < -0.3 is 15.2 Å². The fraction of sp³-hybridized carbons (Fsp3) is 0.333.